The molecule has 1 aromatic heterocycles. The summed E-state index contributed by atoms with van der Waals surface area (Å²) in [5.74, 6) is 0. The molecule has 0 amide bonds. The SMILES string of the molecule is CCc1nnc(C)cc1C(NC)C(C)(C)C. The molecule has 90 valence electrons. The van der Waals surface area contributed by atoms with E-state index in [1.165, 1.54) is 5.56 Å². The van der Waals surface area contributed by atoms with Crippen molar-refractivity contribution in [2.24, 2.45) is 5.41 Å². The molecule has 0 fully saturated rings. The van der Waals surface area contributed by atoms with Gasteiger partial charge in [0, 0.05) is 6.04 Å². The monoisotopic (exact) mass is 221 g/mol. The Balaban J connectivity index is 3.23. The van der Waals surface area contributed by atoms with Crippen LogP contribution in [-0.2, 0) is 6.42 Å². The molecule has 0 aliphatic rings. The fourth-order valence-corrected chi connectivity index (χ4v) is 2.11. The molecule has 1 N–H and O–H groups in total. The lowest BCUT2D eigenvalue weighted by Gasteiger charge is -2.31. The molecule has 1 unspecified atom stereocenters. The van der Waals surface area contributed by atoms with E-state index in [2.05, 4.69) is 49.3 Å². The average Bonchev–Trinajstić information content (AvgIpc) is 2.17. The van der Waals surface area contributed by atoms with Crippen LogP contribution in [0.25, 0.3) is 0 Å². The summed E-state index contributed by atoms with van der Waals surface area (Å²) in [5.41, 5.74) is 3.54. The van der Waals surface area contributed by atoms with E-state index in [9.17, 15) is 0 Å². The highest BCUT2D eigenvalue weighted by molar-refractivity contribution is 5.26. The topological polar surface area (TPSA) is 37.8 Å². The van der Waals surface area contributed by atoms with E-state index >= 15 is 0 Å². The Morgan fingerprint density at radius 2 is 1.94 bits per heavy atom. The molecule has 0 saturated carbocycles. The van der Waals surface area contributed by atoms with Crippen molar-refractivity contribution in [1.82, 2.24) is 15.5 Å². The van der Waals surface area contributed by atoms with Gasteiger partial charge < -0.3 is 5.32 Å². The number of aryl methyl sites for hydroxylation is 2. The van der Waals surface area contributed by atoms with Crippen LogP contribution in [0.2, 0.25) is 0 Å². The van der Waals surface area contributed by atoms with E-state index in [0.29, 0.717) is 6.04 Å². The summed E-state index contributed by atoms with van der Waals surface area (Å²) < 4.78 is 0. The first-order chi connectivity index (χ1) is 7.40. The predicted octanol–water partition coefficient (Wildman–Crippen LogP) is 2.65. The van der Waals surface area contributed by atoms with Crippen LogP contribution in [0.1, 0.15) is 50.7 Å². The molecule has 0 aromatic carbocycles. The number of aromatic nitrogens is 2. The summed E-state index contributed by atoms with van der Waals surface area (Å²) in [6.45, 7) is 10.8. The maximum atomic E-state index is 4.29. The van der Waals surface area contributed by atoms with Crippen molar-refractivity contribution in [3.8, 4) is 0 Å². The van der Waals surface area contributed by atoms with Gasteiger partial charge in [0.05, 0.1) is 11.4 Å². The molecular formula is C13H23N3. The number of nitrogens with zero attached hydrogens (tertiary/aromatic N) is 2. The van der Waals surface area contributed by atoms with Gasteiger partial charge >= 0.3 is 0 Å². The third-order valence-electron chi connectivity index (χ3n) is 2.83. The molecular weight excluding hydrogens is 198 g/mol. The van der Waals surface area contributed by atoms with Crippen LogP contribution in [0.15, 0.2) is 6.07 Å². The Bertz CT molecular complexity index is 353. The fourth-order valence-electron chi connectivity index (χ4n) is 2.11. The van der Waals surface area contributed by atoms with Crippen LogP contribution in [0.4, 0.5) is 0 Å². The molecule has 3 nitrogen and oxygen atoms in total. The van der Waals surface area contributed by atoms with Crippen LogP contribution in [0.5, 0.6) is 0 Å². The molecule has 3 heteroatoms. The zero-order chi connectivity index (χ0) is 12.3. The summed E-state index contributed by atoms with van der Waals surface area (Å²) in [5, 5.41) is 11.8. The summed E-state index contributed by atoms with van der Waals surface area (Å²) in [7, 11) is 2.01. The molecule has 0 aliphatic carbocycles. The van der Waals surface area contributed by atoms with Crippen LogP contribution < -0.4 is 5.32 Å². The van der Waals surface area contributed by atoms with E-state index < -0.39 is 0 Å². The second kappa shape index (κ2) is 4.91. The van der Waals surface area contributed by atoms with Gasteiger partial charge in [-0.25, -0.2) is 0 Å². The fraction of sp³-hybridized carbons (Fsp3) is 0.692. The first kappa shape index (κ1) is 13.1. The van der Waals surface area contributed by atoms with Crippen molar-refractivity contribution in [2.45, 2.75) is 47.1 Å². The maximum absolute atomic E-state index is 4.29. The molecule has 1 atom stereocenters. The zero-order valence-electron chi connectivity index (χ0n) is 11.3. The van der Waals surface area contributed by atoms with Crippen LogP contribution in [0, 0.1) is 12.3 Å². The van der Waals surface area contributed by atoms with Crippen LogP contribution in [-0.4, -0.2) is 17.2 Å². The second-order valence-corrected chi connectivity index (χ2v) is 5.33. The van der Waals surface area contributed by atoms with Crippen LogP contribution >= 0.6 is 0 Å². The highest BCUT2D eigenvalue weighted by Crippen LogP contribution is 2.33. The van der Waals surface area contributed by atoms with Gasteiger partial charge in [0.25, 0.3) is 0 Å². The molecule has 1 rings (SSSR count). The van der Waals surface area contributed by atoms with E-state index in [1.54, 1.807) is 0 Å². The molecule has 1 aromatic rings. The van der Waals surface area contributed by atoms with Gasteiger partial charge in [0.1, 0.15) is 0 Å². The quantitative estimate of drug-likeness (QED) is 0.852. The third kappa shape index (κ3) is 2.79. The summed E-state index contributed by atoms with van der Waals surface area (Å²) in [6.07, 6.45) is 0.927. The standard InChI is InChI=1S/C13H23N3/c1-7-11-10(8-9(2)15-16-11)12(14-6)13(3,4)5/h8,12,14H,7H2,1-6H3. The maximum Gasteiger partial charge on any atom is 0.0676 e. The smallest absolute Gasteiger partial charge is 0.0676 e. The first-order valence-electron chi connectivity index (χ1n) is 5.90. The minimum absolute atomic E-state index is 0.175. The third-order valence-corrected chi connectivity index (χ3v) is 2.83. The number of rotatable bonds is 3. The Morgan fingerprint density at radius 1 is 1.31 bits per heavy atom. The van der Waals surface area contributed by atoms with E-state index in [-0.39, 0.29) is 5.41 Å². The minimum atomic E-state index is 0.175. The average molecular weight is 221 g/mol. The van der Waals surface area contributed by atoms with E-state index in [4.69, 9.17) is 0 Å². The molecule has 0 aliphatic heterocycles. The normalized spacial score (nSPS) is 13.9. The molecule has 0 bridgehead atoms. The van der Waals surface area contributed by atoms with Crippen molar-refractivity contribution < 1.29 is 0 Å². The lowest BCUT2D eigenvalue weighted by atomic mass is 9.81. The van der Waals surface area contributed by atoms with E-state index in [1.807, 2.05) is 14.0 Å². The Hall–Kier alpha value is -0.960. The zero-order valence-corrected chi connectivity index (χ0v) is 11.3. The van der Waals surface area contributed by atoms with Gasteiger partial charge in [-0.2, -0.15) is 10.2 Å². The lowest BCUT2D eigenvalue weighted by molar-refractivity contribution is 0.284. The van der Waals surface area contributed by atoms with Crippen molar-refractivity contribution in [2.75, 3.05) is 7.05 Å². The van der Waals surface area contributed by atoms with Gasteiger partial charge in [-0.1, -0.05) is 27.7 Å². The summed E-state index contributed by atoms with van der Waals surface area (Å²) in [6, 6.07) is 2.47. The summed E-state index contributed by atoms with van der Waals surface area (Å²) >= 11 is 0. The Labute approximate surface area is 98.7 Å². The van der Waals surface area contributed by atoms with Gasteiger partial charge in [0.2, 0.25) is 0 Å². The second-order valence-electron chi connectivity index (χ2n) is 5.33. The molecule has 0 spiro atoms. The predicted molar refractivity (Wildman–Crippen MR) is 67.4 cm³/mol. The minimum Gasteiger partial charge on any atom is -0.312 e. The largest absolute Gasteiger partial charge is 0.312 e. The first-order valence-corrected chi connectivity index (χ1v) is 5.90. The number of nitrogens with one attached hydrogen (secondary N) is 1. The van der Waals surface area contributed by atoms with Gasteiger partial charge in [0.15, 0.2) is 0 Å². The summed E-state index contributed by atoms with van der Waals surface area (Å²) in [4.78, 5) is 0. The van der Waals surface area contributed by atoms with Gasteiger partial charge in [-0.15, -0.1) is 0 Å². The Kier molecular flexibility index (Phi) is 4.03. The molecule has 0 saturated heterocycles. The highest BCUT2D eigenvalue weighted by atomic mass is 15.1. The van der Waals surface area contributed by atoms with Crippen molar-refractivity contribution in [1.29, 1.82) is 0 Å². The highest BCUT2D eigenvalue weighted by Gasteiger charge is 2.27. The molecule has 1 heterocycles. The number of hydrogen-bond donors (Lipinski definition) is 1. The molecule has 16 heavy (non-hydrogen) atoms. The van der Waals surface area contributed by atoms with Gasteiger partial charge in [-0.05, 0) is 37.4 Å². The van der Waals surface area contributed by atoms with E-state index in [0.717, 1.165) is 17.8 Å². The van der Waals surface area contributed by atoms with Crippen molar-refractivity contribution >= 4 is 0 Å². The van der Waals surface area contributed by atoms with Gasteiger partial charge in [-0.3, -0.25) is 0 Å². The van der Waals surface area contributed by atoms with Crippen molar-refractivity contribution in [3.63, 3.8) is 0 Å². The van der Waals surface area contributed by atoms with Crippen molar-refractivity contribution in [3.05, 3.63) is 23.0 Å². The van der Waals surface area contributed by atoms with Crippen LogP contribution in [0.3, 0.4) is 0 Å². The number of hydrogen-bond acceptors (Lipinski definition) is 3. The Morgan fingerprint density at radius 3 is 2.38 bits per heavy atom. The molecule has 0 radical (unpaired) electrons. The lowest BCUT2D eigenvalue weighted by Crippen LogP contribution is -2.31.